The van der Waals surface area contributed by atoms with E-state index in [0.717, 1.165) is 21.9 Å². The van der Waals surface area contributed by atoms with Crippen molar-refractivity contribution in [2.45, 2.75) is 13.8 Å². The largest absolute Gasteiger partial charge is 0.456 e. The smallest absolute Gasteiger partial charge is 0.136 e. The number of hydrogen-bond donors (Lipinski definition) is 0. The van der Waals surface area contributed by atoms with Gasteiger partial charge in [0.2, 0.25) is 0 Å². The maximum absolute atomic E-state index is 6.33. The van der Waals surface area contributed by atoms with Gasteiger partial charge in [0.05, 0.1) is 0 Å². The monoisotopic (exact) mass is 524 g/mol. The summed E-state index contributed by atoms with van der Waals surface area (Å²) in [6.45, 7) is 4.37. The molecule has 0 radical (unpaired) electrons. The second kappa shape index (κ2) is 9.21. The molecule has 0 atom stereocenters. The number of allylic oxidation sites excluding steroid dienone is 1. The maximum Gasteiger partial charge on any atom is 0.136 e. The highest BCUT2D eigenvalue weighted by Gasteiger charge is 2.19. The van der Waals surface area contributed by atoms with E-state index in [-0.39, 0.29) is 0 Å². The van der Waals surface area contributed by atoms with Gasteiger partial charge in [-0.05, 0) is 110 Å². The number of hydrogen-bond acceptors (Lipinski definition) is 1. The summed E-state index contributed by atoms with van der Waals surface area (Å²) in [7, 11) is 0. The van der Waals surface area contributed by atoms with E-state index in [0.29, 0.717) is 0 Å². The predicted octanol–water partition coefficient (Wildman–Crippen LogP) is 11.7. The Morgan fingerprint density at radius 3 is 1.83 bits per heavy atom. The molecular weight excluding hydrogens is 496 g/mol. The second-order valence-corrected chi connectivity index (χ2v) is 10.9. The van der Waals surface area contributed by atoms with Crippen LogP contribution in [-0.2, 0) is 0 Å². The molecule has 41 heavy (non-hydrogen) atoms. The molecule has 1 aromatic heterocycles. The van der Waals surface area contributed by atoms with Crippen LogP contribution in [0.1, 0.15) is 18.1 Å². The standard InChI is InChI=1S/C40H28O/c1-3-10-32-25(2)39(31-19-20-37-35(23-31)36-22-28-13-6-7-14-29(28)24-38(36)41-37)33-15-8-9-16-34(33)40(32)30-18-17-26-11-4-5-12-27(26)21-30/h3-24H,1-2H3/b10-3-. The van der Waals surface area contributed by atoms with Crippen LogP contribution in [0, 0.1) is 6.92 Å². The SMILES string of the molecule is C/C=C\c1c(C)c(-c2ccc3oc4cc5ccccc5cc4c3c2)c2ccccc2c1-c1ccc2ccccc2c1. The Balaban J connectivity index is 1.42. The van der Waals surface area contributed by atoms with E-state index in [1.54, 1.807) is 0 Å². The summed E-state index contributed by atoms with van der Waals surface area (Å²) in [4.78, 5) is 0. The topological polar surface area (TPSA) is 13.1 Å². The zero-order valence-electron chi connectivity index (χ0n) is 23.1. The second-order valence-electron chi connectivity index (χ2n) is 10.9. The van der Waals surface area contributed by atoms with Crippen molar-refractivity contribution >= 4 is 60.3 Å². The van der Waals surface area contributed by atoms with Crippen LogP contribution in [-0.4, -0.2) is 0 Å². The Morgan fingerprint density at radius 2 is 1.07 bits per heavy atom. The molecule has 0 bridgehead atoms. The predicted molar refractivity (Wildman–Crippen MR) is 177 cm³/mol. The number of fused-ring (bicyclic) bond motifs is 6. The Labute approximate surface area is 239 Å². The number of rotatable bonds is 3. The summed E-state index contributed by atoms with van der Waals surface area (Å²) < 4.78 is 6.33. The van der Waals surface area contributed by atoms with Crippen LogP contribution in [0.4, 0.5) is 0 Å². The zero-order chi connectivity index (χ0) is 27.5. The zero-order valence-corrected chi connectivity index (χ0v) is 23.1. The molecule has 1 heteroatoms. The molecule has 1 nitrogen and oxygen atoms in total. The molecule has 0 aliphatic rings. The van der Waals surface area contributed by atoms with Crippen molar-refractivity contribution in [1.82, 2.24) is 0 Å². The summed E-state index contributed by atoms with van der Waals surface area (Å²) in [5.41, 5.74) is 9.40. The third-order valence-corrected chi connectivity index (χ3v) is 8.51. The molecule has 0 aliphatic carbocycles. The van der Waals surface area contributed by atoms with E-state index in [4.69, 9.17) is 4.42 Å². The Bertz CT molecular complexity index is 2330. The fraction of sp³-hybridized carbons (Fsp3) is 0.0500. The van der Waals surface area contributed by atoms with Crippen molar-refractivity contribution in [2.75, 3.05) is 0 Å². The highest BCUT2D eigenvalue weighted by molar-refractivity contribution is 6.14. The van der Waals surface area contributed by atoms with Gasteiger partial charge in [0.25, 0.3) is 0 Å². The van der Waals surface area contributed by atoms with Gasteiger partial charge in [-0.1, -0.05) is 103 Å². The Morgan fingerprint density at radius 1 is 0.488 bits per heavy atom. The van der Waals surface area contributed by atoms with Gasteiger partial charge in [-0.3, -0.25) is 0 Å². The highest BCUT2D eigenvalue weighted by Crippen LogP contribution is 2.44. The molecule has 8 rings (SSSR count). The molecule has 8 aromatic rings. The lowest BCUT2D eigenvalue weighted by Gasteiger charge is -2.20. The van der Waals surface area contributed by atoms with E-state index in [1.807, 2.05) is 0 Å². The molecule has 0 spiro atoms. The van der Waals surface area contributed by atoms with Crippen molar-refractivity contribution in [3.8, 4) is 22.3 Å². The Kier molecular flexibility index (Phi) is 5.33. The van der Waals surface area contributed by atoms with Gasteiger partial charge in [0, 0.05) is 10.8 Å². The minimum atomic E-state index is 0.919. The molecular formula is C40H28O. The maximum atomic E-state index is 6.33. The first-order valence-corrected chi connectivity index (χ1v) is 14.2. The first-order chi connectivity index (χ1) is 20.2. The van der Waals surface area contributed by atoms with Crippen molar-refractivity contribution in [3.63, 3.8) is 0 Å². The van der Waals surface area contributed by atoms with E-state index < -0.39 is 0 Å². The highest BCUT2D eigenvalue weighted by atomic mass is 16.3. The molecule has 0 saturated carbocycles. The van der Waals surface area contributed by atoms with Gasteiger partial charge < -0.3 is 4.42 Å². The molecule has 0 fully saturated rings. The normalized spacial score (nSPS) is 12.0. The minimum absolute atomic E-state index is 0.919. The lowest BCUT2D eigenvalue weighted by molar-refractivity contribution is 0.669. The van der Waals surface area contributed by atoms with Gasteiger partial charge in [0.15, 0.2) is 0 Å². The summed E-state index contributed by atoms with van der Waals surface area (Å²) in [5.74, 6) is 0. The van der Waals surface area contributed by atoms with Gasteiger partial charge in [-0.25, -0.2) is 0 Å². The third-order valence-electron chi connectivity index (χ3n) is 8.51. The van der Waals surface area contributed by atoms with Crippen LogP contribution in [0.5, 0.6) is 0 Å². The molecule has 1 heterocycles. The van der Waals surface area contributed by atoms with Crippen LogP contribution in [0.2, 0.25) is 0 Å². The van der Waals surface area contributed by atoms with Crippen LogP contribution in [0.25, 0.3) is 82.6 Å². The molecule has 0 amide bonds. The average Bonchev–Trinajstić information content (AvgIpc) is 3.37. The molecule has 194 valence electrons. The van der Waals surface area contributed by atoms with E-state index in [1.165, 1.54) is 65.7 Å². The van der Waals surface area contributed by atoms with Crippen LogP contribution in [0.3, 0.4) is 0 Å². The molecule has 0 N–H and O–H groups in total. The lowest BCUT2D eigenvalue weighted by Crippen LogP contribution is -1.96. The molecule has 0 saturated heterocycles. The van der Waals surface area contributed by atoms with Crippen molar-refractivity contribution in [3.05, 3.63) is 139 Å². The quantitative estimate of drug-likeness (QED) is 0.224. The third kappa shape index (κ3) is 3.70. The van der Waals surface area contributed by atoms with Crippen molar-refractivity contribution in [2.24, 2.45) is 0 Å². The van der Waals surface area contributed by atoms with E-state index >= 15 is 0 Å². The molecule has 7 aromatic carbocycles. The summed E-state index contributed by atoms with van der Waals surface area (Å²) in [6, 6.07) is 43.9. The van der Waals surface area contributed by atoms with Crippen molar-refractivity contribution in [1.29, 1.82) is 0 Å². The minimum Gasteiger partial charge on any atom is -0.456 e. The van der Waals surface area contributed by atoms with Gasteiger partial charge in [-0.15, -0.1) is 0 Å². The van der Waals surface area contributed by atoms with Gasteiger partial charge >= 0.3 is 0 Å². The first-order valence-electron chi connectivity index (χ1n) is 14.2. The lowest BCUT2D eigenvalue weighted by atomic mass is 9.83. The van der Waals surface area contributed by atoms with E-state index in [2.05, 4.69) is 147 Å². The van der Waals surface area contributed by atoms with Crippen LogP contribution in [0.15, 0.2) is 132 Å². The van der Waals surface area contributed by atoms with Crippen molar-refractivity contribution < 1.29 is 4.42 Å². The average molecular weight is 525 g/mol. The summed E-state index contributed by atoms with van der Waals surface area (Å²) in [5, 5.41) is 9.77. The van der Waals surface area contributed by atoms with Gasteiger partial charge in [-0.2, -0.15) is 0 Å². The fourth-order valence-electron chi connectivity index (χ4n) is 6.61. The molecule has 0 aliphatic heterocycles. The number of benzene rings is 7. The van der Waals surface area contributed by atoms with E-state index in [9.17, 15) is 0 Å². The van der Waals surface area contributed by atoms with Crippen LogP contribution >= 0.6 is 0 Å². The summed E-state index contributed by atoms with van der Waals surface area (Å²) in [6.07, 6.45) is 4.43. The number of furan rings is 1. The Hall–Kier alpha value is -5.14. The van der Waals surface area contributed by atoms with Gasteiger partial charge in [0.1, 0.15) is 11.2 Å². The summed E-state index contributed by atoms with van der Waals surface area (Å²) >= 11 is 0. The van der Waals surface area contributed by atoms with Crippen LogP contribution < -0.4 is 0 Å². The molecule has 0 unspecified atom stereocenters. The first kappa shape index (κ1) is 23.7. The fourth-order valence-corrected chi connectivity index (χ4v) is 6.61.